The molecule has 1 atom stereocenters. The lowest BCUT2D eigenvalue weighted by atomic mass is 10.1. The zero-order chi connectivity index (χ0) is 11.5. The highest BCUT2D eigenvalue weighted by molar-refractivity contribution is 5.57. The van der Waals surface area contributed by atoms with E-state index in [2.05, 4.69) is 22.2 Å². The van der Waals surface area contributed by atoms with Crippen molar-refractivity contribution in [2.75, 3.05) is 11.1 Å². The number of imidazole rings is 1. The average Bonchev–Trinajstić information content (AvgIpc) is 2.77. The van der Waals surface area contributed by atoms with E-state index in [1.54, 1.807) is 6.20 Å². The highest BCUT2D eigenvalue weighted by Gasteiger charge is 2.07. The first-order valence-electron chi connectivity index (χ1n) is 5.29. The van der Waals surface area contributed by atoms with Crippen LogP contribution < -0.4 is 11.1 Å². The van der Waals surface area contributed by atoms with Gasteiger partial charge in [0.1, 0.15) is 5.82 Å². The fourth-order valence-electron chi connectivity index (χ4n) is 1.60. The van der Waals surface area contributed by atoms with Crippen LogP contribution in [-0.4, -0.2) is 9.97 Å². The number of nitrogens with zero attached hydrogens (tertiary/aromatic N) is 1. The topological polar surface area (TPSA) is 66.7 Å². The highest BCUT2D eigenvalue weighted by atomic mass is 15.0. The molecule has 0 bridgehead atoms. The predicted octanol–water partition coefficient (Wildman–Crippen LogP) is 2.47. The zero-order valence-electron chi connectivity index (χ0n) is 9.49. The molecule has 0 aliphatic heterocycles. The summed E-state index contributed by atoms with van der Waals surface area (Å²) in [6, 6.07) is 6.07. The van der Waals surface area contributed by atoms with Crippen LogP contribution in [-0.2, 0) is 0 Å². The third-order valence-corrected chi connectivity index (χ3v) is 2.58. The Kier molecular flexibility index (Phi) is 2.81. The molecule has 0 saturated heterocycles. The molecule has 0 spiro atoms. The second-order valence-electron chi connectivity index (χ2n) is 3.91. The predicted molar refractivity (Wildman–Crippen MR) is 66.2 cm³/mol. The number of aromatic nitrogens is 2. The van der Waals surface area contributed by atoms with Gasteiger partial charge < -0.3 is 16.0 Å². The van der Waals surface area contributed by atoms with Gasteiger partial charge in [-0.25, -0.2) is 4.98 Å². The van der Waals surface area contributed by atoms with Gasteiger partial charge in [-0.3, -0.25) is 0 Å². The van der Waals surface area contributed by atoms with Crippen molar-refractivity contribution in [3.05, 3.63) is 42.0 Å². The normalized spacial score (nSPS) is 12.4. The number of nitrogens with one attached hydrogen (secondary N) is 2. The molecule has 0 amide bonds. The van der Waals surface area contributed by atoms with Crippen LogP contribution in [0.5, 0.6) is 0 Å². The van der Waals surface area contributed by atoms with Crippen molar-refractivity contribution < 1.29 is 0 Å². The number of anilines is 2. The molecule has 2 rings (SSSR count). The summed E-state index contributed by atoms with van der Waals surface area (Å²) >= 11 is 0. The van der Waals surface area contributed by atoms with E-state index in [4.69, 9.17) is 5.73 Å². The molecule has 0 radical (unpaired) electrons. The van der Waals surface area contributed by atoms with Gasteiger partial charge in [0.05, 0.1) is 6.04 Å². The number of rotatable bonds is 3. The fourth-order valence-corrected chi connectivity index (χ4v) is 1.60. The summed E-state index contributed by atoms with van der Waals surface area (Å²) in [5, 5.41) is 3.36. The summed E-state index contributed by atoms with van der Waals surface area (Å²) in [5.41, 5.74) is 8.72. The zero-order valence-corrected chi connectivity index (χ0v) is 9.49. The third kappa shape index (κ3) is 2.16. The molecule has 1 heterocycles. The maximum Gasteiger partial charge on any atom is 0.128 e. The molecule has 0 aliphatic carbocycles. The number of aryl methyl sites for hydroxylation is 1. The third-order valence-electron chi connectivity index (χ3n) is 2.58. The molecule has 1 unspecified atom stereocenters. The molecule has 16 heavy (non-hydrogen) atoms. The fraction of sp³-hybridized carbons (Fsp3) is 0.250. The Morgan fingerprint density at radius 2 is 2.25 bits per heavy atom. The van der Waals surface area contributed by atoms with Gasteiger partial charge >= 0.3 is 0 Å². The van der Waals surface area contributed by atoms with Crippen LogP contribution in [0.15, 0.2) is 30.6 Å². The largest absolute Gasteiger partial charge is 0.399 e. The minimum absolute atomic E-state index is 0.151. The first-order valence-corrected chi connectivity index (χ1v) is 5.29. The number of aromatic amines is 1. The van der Waals surface area contributed by atoms with Crippen molar-refractivity contribution in [1.82, 2.24) is 9.97 Å². The lowest BCUT2D eigenvalue weighted by molar-refractivity contribution is 0.810. The van der Waals surface area contributed by atoms with Gasteiger partial charge in [-0.05, 0) is 37.6 Å². The van der Waals surface area contributed by atoms with Gasteiger partial charge in [0.2, 0.25) is 0 Å². The average molecular weight is 216 g/mol. The van der Waals surface area contributed by atoms with E-state index < -0.39 is 0 Å². The molecule has 0 fully saturated rings. The molecular formula is C12H16N4. The van der Waals surface area contributed by atoms with E-state index in [0.29, 0.717) is 0 Å². The molecule has 4 heteroatoms. The SMILES string of the molecule is Cc1cc(NC(C)c2ncc[nH]2)ccc1N. The minimum Gasteiger partial charge on any atom is -0.399 e. The van der Waals surface area contributed by atoms with Crippen LogP contribution in [0.25, 0.3) is 0 Å². The Labute approximate surface area is 94.9 Å². The summed E-state index contributed by atoms with van der Waals surface area (Å²) in [5.74, 6) is 0.925. The molecule has 2 aromatic rings. The van der Waals surface area contributed by atoms with Gasteiger partial charge in [-0.1, -0.05) is 0 Å². The quantitative estimate of drug-likeness (QED) is 0.690. The number of H-pyrrole nitrogens is 1. The van der Waals surface area contributed by atoms with E-state index in [1.165, 1.54) is 0 Å². The maximum atomic E-state index is 5.77. The monoisotopic (exact) mass is 216 g/mol. The number of benzene rings is 1. The Balaban J connectivity index is 2.12. The standard InChI is InChI=1S/C12H16N4/c1-8-7-10(3-4-11(8)13)16-9(2)12-14-5-6-15-12/h3-7,9,16H,13H2,1-2H3,(H,14,15). The van der Waals surface area contributed by atoms with Crippen molar-refractivity contribution >= 4 is 11.4 Å². The van der Waals surface area contributed by atoms with Crippen molar-refractivity contribution in [3.8, 4) is 0 Å². The molecule has 1 aromatic carbocycles. The van der Waals surface area contributed by atoms with Gasteiger partial charge in [-0.15, -0.1) is 0 Å². The molecular weight excluding hydrogens is 200 g/mol. The summed E-state index contributed by atoms with van der Waals surface area (Å²) in [4.78, 5) is 7.29. The smallest absolute Gasteiger partial charge is 0.128 e. The summed E-state index contributed by atoms with van der Waals surface area (Å²) in [7, 11) is 0. The van der Waals surface area contributed by atoms with Crippen molar-refractivity contribution in [2.24, 2.45) is 0 Å². The second kappa shape index (κ2) is 4.26. The lowest BCUT2D eigenvalue weighted by Crippen LogP contribution is -2.08. The molecule has 4 N–H and O–H groups in total. The summed E-state index contributed by atoms with van der Waals surface area (Å²) in [6.45, 7) is 4.06. The van der Waals surface area contributed by atoms with Gasteiger partial charge in [0.15, 0.2) is 0 Å². The first-order chi connectivity index (χ1) is 7.66. The van der Waals surface area contributed by atoms with Crippen LogP contribution in [0.1, 0.15) is 24.4 Å². The lowest BCUT2D eigenvalue weighted by Gasteiger charge is -2.14. The highest BCUT2D eigenvalue weighted by Crippen LogP contribution is 2.20. The number of hydrogen-bond donors (Lipinski definition) is 3. The van der Waals surface area contributed by atoms with Crippen LogP contribution in [0.4, 0.5) is 11.4 Å². The Hall–Kier alpha value is -1.97. The number of nitrogen functional groups attached to an aromatic ring is 1. The van der Waals surface area contributed by atoms with Gasteiger partial charge in [0.25, 0.3) is 0 Å². The van der Waals surface area contributed by atoms with Gasteiger partial charge in [0, 0.05) is 23.8 Å². The molecule has 0 saturated carbocycles. The van der Waals surface area contributed by atoms with Crippen LogP contribution in [0.3, 0.4) is 0 Å². The molecule has 4 nitrogen and oxygen atoms in total. The van der Waals surface area contributed by atoms with Crippen LogP contribution >= 0.6 is 0 Å². The van der Waals surface area contributed by atoms with Gasteiger partial charge in [-0.2, -0.15) is 0 Å². The molecule has 0 aliphatic rings. The van der Waals surface area contributed by atoms with Crippen molar-refractivity contribution in [2.45, 2.75) is 19.9 Å². The number of nitrogens with two attached hydrogens (primary N) is 1. The molecule has 1 aromatic heterocycles. The summed E-state index contributed by atoms with van der Waals surface area (Å²) < 4.78 is 0. The van der Waals surface area contributed by atoms with E-state index in [0.717, 1.165) is 22.8 Å². The Morgan fingerprint density at radius 3 is 2.88 bits per heavy atom. The summed E-state index contributed by atoms with van der Waals surface area (Å²) in [6.07, 6.45) is 3.57. The van der Waals surface area contributed by atoms with Crippen molar-refractivity contribution in [3.63, 3.8) is 0 Å². The van der Waals surface area contributed by atoms with Crippen molar-refractivity contribution in [1.29, 1.82) is 0 Å². The Morgan fingerprint density at radius 1 is 1.44 bits per heavy atom. The Bertz CT molecular complexity index is 462. The number of hydrogen-bond acceptors (Lipinski definition) is 3. The van der Waals surface area contributed by atoms with Crippen LogP contribution in [0.2, 0.25) is 0 Å². The molecule has 84 valence electrons. The van der Waals surface area contributed by atoms with Crippen LogP contribution in [0, 0.1) is 6.92 Å². The minimum atomic E-state index is 0.151. The van der Waals surface area contributed by atoms with E-state index in [9.17, 15) is 0 Å². The maximum absolute atomic E-state index is 5.77. The second-order valence-corrected chi connectivity index (χ2v) is 3.91. The van der Waals surface area contributed by atoms with E-state index in [-0.39, 0.29) is 6.04 Å². The van der Waals surface area contributed by atoms with E-state index >= 15 is 0 Å². The first kappa shape index (κ1) is 10.5. The van der Waals surface area contributed by atoms with E-state index in [1.807, 2.05) is 31.3 Å².